The van der Waals surface area contributed by atoms with Crippen molar-refractivity contribution in [3.05, 3.63) is 35.4 Å². The lowest BCUT2D eigenvalue weighted by atomic mass is 9.54. The molecule has 0 radical (unpaired) electrons. The lowest BCUT2D eigenvalue weighted by Gasteiger charge is -2.55. The number of hydrogen-bond acceptors (Lipinski definition) is 6. The van der Waals surface area contributed by atoms with Crippen molar-refractivity contribution in [2.45, 2.75) is 44.1 Å². The lowest BCUT2D eigenvalue weighted by Crippen LogP contribution is -2.53. The van der Waals surface area contributed by atoms with Gasteiger partial charge < -0.3 is 9.57 Å². The molecule has 7 nitrogen and oxygen atoms in total. The number of nitrogens with zero attached hydrogens (tertiary/aromatic N) is 1. The number of carbonyl (C=O) groups excluding carboxylic acids is 4. The van der Waals surface area contributed by atoms with Gasteiger partial charge in [-0.25, -0.2) is 9.59 Å². The summed E-state index contributed by atoms with van der Waals surface area (Å²) in [5.74, 6) is -2.32. The number of hydrogen-bond donors (Lipinski definition) is 0. The predicted octanol–water partition coefficient (Wildman–Crippen LogP) is 2.25. The minimum atomic E-state index is -1.33. The van der Waals surface area contributed by atoms with E-state index in [1.807, 2.05) is 0 Å². The molecule has 1 aromatic rings. The van der Waals surface area contributed by atoms with Crippen LogP contribution in [0.25, 0.3) is 0 Å². The van der Waals surface area contributed by atoms with Gasteiger partial charge in [0.15, 0.2) is 0 Å². The topological polar surface area (TPSA) is 90.0 Å². The van der Waals surface area contributed by atoms with Crippen LogP contribution in [-0.4, -0.2) is 34.4 Å². The second-order valence-electron chi connectivity index (χ2n) is 8.32. The highest BCUT2D eigenvalue weighted by atomic mass is 16.7. The molecule has 4 bridgehead atoms. The zero-order valence-corrected chi connectivity index (χ0v) is 14.7. The Kier molecular flexibility index (Phi) is 3.44. The van der Waals surface area contributed by atoms with Crippen molar-refractivity contribution in [3.63, 3.8) is 0 Å². The van der Waals surface area contributed by atoms with E-state index in [2.05, 4.69) is 0 Å². The van der Waals surface area contributed by atoms with E-state index in [0.29, 0.717) is 22.8 Å². The first-order chi connectivity index (χ1) is 12.9. The molecule has 4 saturated carbocycles. The van der Waals surface area contributed by atoms with Gasteiger partial charge in [0.25, 0.3) is 11.8 Å². The van der Waals surface area contributed by atoms with Gasteiger partial charge in [-0.1, -0.05) is 17.2 Å². The molecule has 0 unspecified atom stereocenters. The van der Waals surface area contributed by atoms with Gasteiger partial charge in [-0.3, -0.25) is 9.59 Å². The van der Waals surface area contributed by atoms with E-state index in [9.17, 15) is 19.2 Å². The van der Waals surface area contributed by atoms with Crippen LogP contribution in [0.15, 0.2) is 24.3 Å². The summed E-state index contributed by atoms with van der Waals surface area (Å²) in [7, 11) is 0. The molecule has 140 valence electrons. The average molecular weight is 369 g/mol. The maximum absolute atomic E-state index is 12.4. The van der Waals surface area contributed by atoms with Gasteiger partial charge in [-0.05, 0) is 68.4 Å². The standard InChI is InChI=1S/C20H19NO6/c22-16-14-3-1-2-4-15(14)17(23)21(16)27-19(25)18(24)26-20-8-11-5-12(9-20)7-13(6-11)10-20/h1-4,11-13H,5-10H2. The summed E-state index contributed by atoms with van der Waals surface area (Å²) in [6.45, 7) is 0. The number of fused-ring (bicyclic) bond motifs is 1. The zero-order chi connectivity index (χ0) is 18.8. The fourth-order valence-electron chi connectivity index (χ4n) is 5.76. The van der Waals surface area contributed by atoms with Crippen LogP contribution in [-0.2, 0) is 19.2 Å². The first-order valence-electron chi connectivity index (χ1n) is 9.37. The fourth-order valence-corrected chi connectivity index (χ4v) is 5.76. The van der Waals surface area contributed by atoms with E-state index in [-0.39, 0.29) is 11.1 Å². The van der Waals surface area contributed by atoms with Crippen molar-refractivity contribution in [2.75, 3.05) is 0 Å². The highest BCUT2D eigenvalue weighted by molar-refractivity contribution is 6.31. The summed E-state index contributed by atoms with van der Waals surface area (Å²) in [6, 6.07) is 6.15. The molecule has 6 rings (SSSR count). The van der Waals surface area contributed by atoms with E-state index in [1.54, 1.807) is 12.1 Å². The molecule has 5 aliphatic rings. The maximum Gasteiger partial charge on any atom is 0.442 e. The van der Waals surface area contributed by atoms with Gasteiger partial charge in [-0.2, -0.15) is 0 Å². The molecule has 27 heavy (non-hydrogen) atoms. The van der Waals surface area contributed by atoms with Crippen LogP contribution in [0.3, 0.4) is 0 Å². The molecule has 1 aromatic carbocycles. The molecular weight excluding hydrogens is 350 g/mol. The molecule has 0 aromatic heterocycles. The Hall–Kier alpha value is -2.70. The lowest BCUT2D eigenvalue weighted by molar-refractivity contribution is -0.204. The number of ether oxygens (including phenoxy) is 1. The number of rotatable bonds is 2. The van der Waals surface area contributed by atoms with Gasteiger partial charge in [0.2, 0.25) is 0 Å². The van der Waals surface area contributed by atoms with Crippen LogP contribution in [0.2, 0.25) is 0 Å². The summed E-state index contributed by atoms with van der Waals surface area (Å²) in [6.07, 6.45) is 5.88. The number of hydroxylamine groups is 2. The fraction of sp³-hybridized carbons (Fsp3) is 0.500. The number of esters is 1. The maximum atomic E-state index is 12.4. The van der Waals surface area contributed by atoms with Crippen LogP contribution in [0.4, 0.5) is 0 Å². The molecule has 7 heteroatoms. The second-order valence-corrected chi connectivity index (χ2v) is 8.32. The van der Waals surface area contributed by atoms with Crippen molar-refractivity contribution in [2.24, 2.45) is 17.8 Å². The van der Waals surface area contributed by atoms with Crippen LogP contribution in [0, 0.1) is 17.8 Å². The molecule has 1 heterocycles. The van der Waals surface area contributed by atoms with E-state index < -0.39 is 29.4 Å². The molecule has 0 N–H and O–H groups in total. The Balaban J connectivity index is 1.28. The molecule has 0 atom stereocenters. The summed E-state index contributed by atoms with van der Waals surface area (Å²) < 4.78 is 5.61. The quantitative estimate of drug-likeness (QED) is 0.451. The van der Waals surface area contributed by atoms with Gasteiger partial charge in [0.1, 0.15) is 5.60 Å². The van der Waals surface area contributed by atoms with Gasteiger partial charge >= 0.3 is 11.9 Å². The van der Waals surface area contributed by atoms with E-state index in [4.69, 9.17) is 9.57 Å². The highest BCUT2D eigenvalue weighted by Gasteiger charge is 2.54. The normalized spacial score (nSPS) is 33.2. The summed E-state index contributed by atoms with van der Waals surface area (Å²) in [5.41, 5.74) is -0.304. The summed E-state index contributed by atoms with van der Waals surface area (Å²) in [4.78, 5) is 53.9. The number of benzene rings is 1. The number of imide groups is 1. The first kappa shape index (κ1) is 16.5. The molecule has 0 saturated heterocycles. The molecule has 0 spiro atoms. The molecule has 4 fully saturated rings. The monoisotopic (exact) mass is 369 g/mol. The van der Waals surface area contributed by atoms with Crippen molar-refractivity contribution >= 4 is 23.8 Å². The number of amides is 2. The van der Waals surface area contributed by atoms with Crippen LogP contribution >= 0.6 is 0 Å². The Labute approximate surface area is 155 Å². The molecule has 4 aliphatic carbocycles. The predicted molar refractivity (Wildman–Crippen MR) is 90.0 cm³/mol. The Bertz CT molecular complexity index is 805. The Morgan fingerprint density at radius 2 is 1.33 bits per heavy atom. The van der Waals surface area contributed by atoms with Gasteiger partial charge in [-0.15, -0.1) is 0 Å². The van der Waals surface area contributed by atoms with Crippen molar-refractivity contribution in [1.82, 2.24) is 5.06 Å². The first-order valence-corrected chi connectivity index (χ1v) is 9.37. The van der Waals surface area contributed by atoms with E-state index in [0.717, 1.165) is 19.3 Å². The van der Waals surface area contributed by atoms with Crippen LogP contribution in [0.5, 0.6) is 0 Å². The molecular formula is C20H19NO6. The van der Waals surface area contributed by atoms with Crippen molar-refractivity contribution in [1.29, 1.82) is 0 Å². The summed E-state index contributed by atoms with van der Waals surface area (Å²) >= 11 is 0. The molecule has 2 amide bonds. The third kappa shape index (κ3) is 2.56. The van der Waals surface area contributed by atoms with Gasteiger partial charge in [0, 0.05) is 0 Å². The zero-order valence-electron chi connectivity index (χ0n) is 14.7. The Morgan fingerprint density at radius 1 is 0.852 bits per heavy atom. The van der Waals surface area contributed by atoms with Gasteiger partial charge in [0.05, 0.1) is 11.1 Å². The third-order valence-electron chi connectivity index (χ3n) is 6.39. The summed E-state index contributed by atoms with van der Waals surface area (Å²) in [5, 5.41) is 0.341. The minimum absolute atomic E-state index is 0.143. The number of carbonyl (C=O) groups is 4. The SMILES string of the molecule is O=C(ON1C(=O)c2ccccc2C1=O)C(=O)OC12CC3CC(CC(C3)C1)C2. The third-order valence-corrected chi connectivity index (χ3v) is 6.39. The Morgan fingerprint density at radius 3 is 1.81 bits per heavy atom. The van der Waals surface area contributed by atoms with Crippen LogP contribution in [0.1, 0.15) is 59.2 Å². The van der Waals surface area contributed by atoms with E-state index >= 15 is 0 Å². The second kappa shape index (κ2) is 5.65. The minimum Gasteiger partial charge on any atom is -0.451 e. The average Bonchev–Trinajstić information content (AvgIpc) is 2.85. The highest BCUT2D eigenvalue weighted by Crippen LogP contribution is 2.57. The molecule has 1 aliphatic heterocycles. The van der Waals surface area contributed by atoms with Crippen LogP contribution < -0.4 is 0 Å². The smallest absolute Gasteiger partial charge is 0.442 e. The van der Waals surface area contributed by atoms with Crippen molar-refractivity contribution in [3.8, 4) is 0 Å². The van der Waals surface area contributed by atoms with Crippen molar-refractivity contribution < 1.29 is 28.8 Å². The van der Waals surface area contributed by atoms with E-state index in [1.165, 1.54) is 31.4 Å². The largest absolute Gasteiger partial charge is 0.451 e.